The van der Waals surface area contributed by atoms with Crippen molar-refractivity contribution in [2.75, 3.05) is 40.5 Å². The Hall–Kier alpha value is -3.74. The maximum Gasteiger partial charge on any atom is 0.237 e. The Balaban J connectivity index is 1.69. The van der Waals surface area contributed by atoms with Crippen molar-refractivity contribution < 1.29 is 24.1 Å². The largest absolute Gasteiger partial charge is 0.480 e. The van der Waals surface area contributed by atoms with Gasteiger partial charge in [0.15, 0.2) is 0 Å². The molecule has 12 heteroatoms. The van der Waals surface area contributed by atoms with Crippen LogP contribution in [0, 0.1) is 5.82 Å². The fourth-order valence-corrected chi connectivity index (χ4v) is 4.40. The van der Waals surface area contributed by atoms with E-state index in [4.69, 9.17) is 31.3 Å². The summed E-state index contributed by atoms with van der Waals surface area (Å²) in [4.78, 5) is 17.9. The molecule has 0 spiro atoms. The standard InChI is InChI=1S/C28H30ClFN6O4/c1-39-27-23(13-31-9-11-37)33-15-21(35-27)19-7-3-5-17(25(19)29)18-6-4-8-20(26(18)30)22-16-34-24(14-32-10-12-38)28(36-22)40-2/h3-8,15-16,31-32,37-38H,9-14H2,1-2H3. The number of aliphatic hydroxyl groups is 2. The van der Waals surface area contributed by atoms with Crippen molar-refractivity contribution in [3.63, 3.8) is 0 Å². The number of nitrogens with one attached hydrogen (secondary N) is 2. The first kappa shape index (κ1) is 29.2. The van der Waals surface area contributed by atoms with E-state index >= 15 is 4.39 Å². The molecule has 2 aromatic carbocycles. The molecule has 0 bridgehead atoms. The van der Waals surface area contributed by atoms with Gasteiger partial charge in [0, 0.05) is 48.4 Å². The van der Waals surface area contributed by atoms with Crippen LogP contribution in [0.15, 0.2) is 48.8 Å². The molecule has 10 nitrogen and oxygen atoms in total. The number of methoxy groups -OCH3 is 2. The number of aromatic nitrogens is 4. The van der Waals surface area contributed by atoms with Crippen molar-refractivity contribution in [1.29, 1.82) is 0 Å². The number of aliphatic hydroxyl groups excluding tert-OH is 2. The molecule has 0 fully saturated rings. The molecule has 0 aliphatic heterocycles. The lowest BCUT2D eigenvalue weighted by atomic mass is 9.98. The number of hydrogen-bond acceptors (Lipinski definition) is 10. The van der Waals surface area contributed by atoms with Gasteiger partial charge in [-0.2, -0.15) is 0 Å². The van der Waals surface area contributed by atoms with Gasteiger partial charge >= 0.3 is 0 Å². The van der Waals surface area contributed by atoms with Gasteiger partial charge in [0.25, 0.3) is 0 Å². The lowest BCUT2D eigenvalue weighted by Gasteiger charge is -2.14. The Kier molecular flexibility index (Phi) is 10.3. The molecule has 4 N–H and O–H groups in total. The lowest BCUT2D eigenvalue weighted by molar-refractivity contribution is 0.290. The maximum absolute atomic E-state index is 16.0. The molecule has 0 aliphatic rings. The van der Waals surface area contributed by atoms with Crippen LogP contribution in [0.3, 0.4) is 0 Å². The van der Waals surface area contributed by atoms with E-state index in [1.54, 1.807) is 42.6 Å². The first-order valence-corrected chi connectivity index (χ1v) is 12.9. The van der Waals surface area contributed by atoms with E-state index in [9.17, 15) is 0 Å². The van der Waals surface area contributed by atoms with Crippen molar-refractivity contribution in [3.8, 4) is 45.4 Å². The van der Waals surface area contributed by atoms with E-state index in [0.717, 1.165) is 0 Å². The van der Waals surface area contributed by atoms with Gasteiger partial charge in [-0.3, -0.25) is 9.97 Å². The minimum atomic E-state index is -0.516. The summed E-state index contributed by atoms with van der Waals surface area (Å²) < 4.78 is 26.8. The van der Waals surface area contributed by atoms with Crippen molar-refractivity contribution in [1.82, 2.24) is 30.6 Å². The van der Waals surface area contributed by atoms with Crippen LogP contribution in [0.2, 0.25) is 5.02 Å². The predicted octanol–water partition coefficient (Wildman–Crippen LogP) is 3.24. The number of rotatable bonds is 13. The highest BCUT2D eigenvalue weighted by atomic mass is 35.5. The molecule has 0 aliphatic carbocycles. The maximum atomic E-state index is 16.0. The molecule has 4 aromatic rings. The van der Waals surface area contributed by atoms with Gasteiger partial charge < -0.3 is 30.3 Å². The van der Waals surface area contributed by atoms with Crippen LogP contribution in [0.5, 0.6) is 11.8 Å². The Morgan fingerprint density at radius 2 is 1.23 bits per heavy atom. The van der Waals surface area contributed by atoms with Gasteiger partial charge in [-0.15, -0.1) is 0 Å². The highest BCUT2D eigenvalue weighted by Crippen LogP contribution is 2.39. The lowest BCUT2D eigenvalue weighted by Crippen LogP contribution is -2.19. The van der Waals surface area contributed by atoms with Crippen LogP contribution in [0.1, 0.15) is 11.4 Å². The Morgan fingerprint density at radius 1 is 0.750 bits per heavy atom. The summed E-state index contributed by atoms with van der Waals surface area (Å²) in [5, 5.41) is 24.3. The predicted molar refractivity (Wildman–Crippen MR) is 150 cm³/mol. The highest BCUT2D eigenvalue weighted by Gasteiger charge is 2.20. The van der Waals surface area contributed by atoms with Crippen molar-refractivity contribution in [2.45, 2.75) is 13.1 Å². The zero-order chi connectivity index (χ0) is 28.5. The molecule has 40 heavy (non-hydrogen) atoms. The van der Waals surface area contributed by atoms with E-state index in [0.29, 0.717) is 71.0 Å². The second kappa shape index (κ2) is 14.1. The van der Waals surface area contributed by atoms with E-state index in [1.165, 1.54) is 20.4 Å². The van der Waals surface area contributed by atoms with Crippen LogP contribution in [0.4, 0.5) is 4.39 Å². The van der Waals surface area contributed by atoms with E-state index in [1.807, 2.05) is 0 Å². The van der Waals surface area contributed by atoms with Crippen LogP contribution in [0.25, 0.3) is 33.6 Å². The third-order valence-electron chi connectivity index (χ3n) is 6.01. The average Bonchev–Trinajstić information content (AvgIpc) is 2.98. The topological polar surface area (TPSA) is 135 Å². The van der Waals surface area contributed by atoms with Crippen LogP contribution in [-0.4, -0.2) is 70.7 Å². The third kappa shape index (κ3) is 6.52. The van der Waals surface area contributed by atoms with Gasteiger partial charge in [0.05, 0.1) is 56.2 Å². The van der Waals surface area contributed by atoms with Crippen LogP contribution >= 0.6 is 11.6 Å². The molecule has 0 radical (unpaired) electrons. The molecule has 0 saturated heterocycles. The van der Waals surface area contributed by atoms with Gasteiger partial charge in [-0.25, -0.2) is 14.4 Å². The second-order valence-electron chi connectivity index (χ2n) is 8.56. The Labute approximate surface area is 236 Å². The minimum absolute atomic E-state index is 0.00230. The molecule has 0 unspecified atom stereocenters. The fourth-order valence-electron chi connectivity index (χ4n) is 4.07. The molecular weight excluding hydrogens is 539 g/mol. The summed E-state index contributed by atoms with van der Waals surface area (Å²) in [5.74, 6) is 0.0634. The number of halogens is 2. The zero-order valence-corrected chi connectivity index (χ0v) is 22.9. The molecule has 210 valence electrons. The number of benzene rings is 2. The monoisotopic (exact) mass is 568 g/mol. The smallest absolute Gasteiger partial charge is 0.237 e. The molecular formula is C28H30ClFN6O4. The molecule has 4 rings (SSSR count). The summed E-state index contributed by atoms with van der Waals surface area (Å²) in [6.45, 7) is 1.52. The summed E-state index contributed by atoms with van der Waals surface area (Å²) in [6.07, 6.45) is 3.06. The van der Waals surface area contributed by atoms with Gasteiger partial charge in [0.1, 0.15) is 17.2 Å². The second-order valence-corrected chi connectivity index (χ2v) is 8.94. The Bertz CT molecular complexity index is 1350. The first-order valence-electron chi connectivity index (χ1n) is 12.5. The molecule has 0 atom stereocenters. The SMILES string of the molecule is COc1nc(-c2cccc(-c3cccc(-c4cnc(CNCCO)c(OC)n4)c3Cl)c2F)cnc1CNCCO. The van der Waals surface area contributed by atoms with Crippen molar-refractivity contribution in [2.24, 2.45) is 0 Å². The fraction of sp³-hybridized carbons (Fsp3) is 0.286. The molecule has 2 heterocycles. The Morgan fingerprint density at radius 3 is 1.75 bits per heavy atom. The van der Waals surface area contributed by atoms with Crippen molar-refractivity contribution in [3.05, 3.63) is 71.0 Å². The summed E-state index contributed by atoms with van der Waals surface area (Å²) >= 11 is 6.83. The van der Waals surface area contributed by atoms with E-state index < -0.39 is 5.82 Å². The normalized spacial score (nSPS) is 11.1. The highest BCUT2D eigenvalue weighted by molar-refractivity contribution is 6.36. The van der Waals surface area contributed by atoms with Gasteiger partial charge in [-0.05, 0) is 6.07 Å². The average molecular weight is 569 g/mol. The minimum Gasteiger partial charge on any atom is -0.480 e. The van der Waals surface area contributed by atoms with E-state index in [2.05, 4.69) is 30.6 Å². The third-order valence-corrected chi connectivity index (χ3v) is 6.42. The molecule has 0 amide bonds. The number of nitrogens with zero attached hydrogens (tertiary/aromatic N) is 4. The summed E-state index contributed by atoms with van der Waals surface area (Å²) in [6, 6.07) is 10.3. The zero-order valence-electron chi connectivity index (χ0n) is 22.1. The number of hydrogen-bond donors (Lipinski definition) is 4. The van der Waals surface area contributed by atoms with Crippen LogP contribution < -0.4 is 20.1 Å². The van der Waals surface area contributed by atoms with Crippen molar-refractivity contribution >= 4 is 11.6 Å². The summed E-state index contributed by atoms with van der Waals surface area (Å²) in [7, 11) is 2.97. The van der Waals surface area contributed by atoms with Gasteiger partial charge in [-0.1, -0.05) is 41.9 Å². The number of ether oxygens (including phenoxy) is 2. The quantitative estimate of drug-likeness (QED) is 0.178. The molecule has 2 aromatic heterocycles. The van der Waals surface area contributed by atoms with Crippen LogP contribution in [-0.2, 0) is 13.1 Å². The van der Waals surface area contributed by atoms with E-state index in [-0.39, 0.29) is 30.2 Å². The van der Waals surface area contributed by atoms with Gasteiger partial charge in [0.2, 0.25) is 11.8 Å². The summed E-state index contributed by atoms with van der Waals surface area (Å²) in [5.41, 5.74) is 3.44. The molecule has 0 saturated carbocycles. The first-order chi connectivity index (χ1) is 19.5.